The Morgan fingerprint density at radius 2 is 1.76 bits per heavy atom. The zero-order chi connectivity index (χ0) is 16.0. The van der Waals surface area contributed by atoms with E-state index in [-0.39, 0.29) is 30.0 Å². The highest BCUT2D eigenvalue weighted by Gasteiger charge is 2.19. The third-order valence-corrected chi connectivity index (χ3v) is 4.38. The predicted molar refractivity (Wildman–Crippen MR) is 85.9 cm³/mol. The fourth-order valence-electron chi connectivity index (χ4n) is 2.12. The van der Waals surface area contributed by atoms with Gasteiger partial charge in [0.2, 0.25) is 5.91 Å². The van der Waals surface area contributed by atoms with Crippen molar-refractivity contribution in [1.29, 1.82) is 0 Å². The van der Waals surface area contributed by atoms with Crippen molar-refractivity contribution in [3.8, 4) is 0 Å². The molecule has 0 radical (unpaired) electrons. The minimum absolute atomic E-state index is 0.00902. The number of sulfone groups is 1. The first-order valence-electron chi connectivity index (χ1n) is 7.29. The highest BCUT2D eigenvalue weighted by atomic mass is 32.2. The first kappa shape index (κ1) is 17.7. The summed E-state index contributed by atoms with van der Waals surface area (Å²) in [6.07, 6.45) is 2.13. The van der Waals surface area contributed by atoms with Crippen LogP contribution in [-0.4, -0.2) is 26.3 Å². The summed E-state index contributed by atoms with van der Waals surface area (Å²) >= 11 is 0. The summed E-state index contributed by atoms with van der Waals surface area (Å²) in [5, 5.41) is 2.94. The van der Waals surface area contributed by atoms with Crippen molar-refractivity contribution in [3.63, 3.8) is 0 Å². The normalized spacial score (nSPS) is 13.2. The molecule has 0 heterocycles. The molecule has 0 saturated carbocycles. The molecular formula is C16H25NO3S. The number of carbonyl (C=O) groups excluding carboxylic acids is 1. The van der Waals surface area contributed by atoms with Gasteiger partial charge in [0.05, 0.1) is 11.8 Å². The molecule has 0 bridgehead atoms. The predicted octanol–water partition coefficient (Wildman–Crippen LogP) is 2.50. The molecule has 1 N–H and O–H groups in total. The summed E-state index contributed by atoms with van der Waals surface area (Å²) < 4.78 is 22.2. The van der Waals surface area contributed by atoms with Gasteiger partial charge in [-0.25, -0.2) is 8.42 Å². The van der Waals surface area contributed by atoms with Gasteiger partial charge in [-0.2, -0.15) is 0 Å². The van der Waals surface area contributed by atoms with Crippen molar-refractivity contribution in [2.75, 3.05) is 12.0 Å². The van der Waals surface area contributed by atoms with Crippen LogP contribution in [0.3, 0.4) is 0 Å². The van der Waals surface area contributed by atoms with E-state index >= 15 is 0 Å². The maximum atomic E-state index is 11.9. The van der Waals surface area contributed by atoms with Crippen LogP contribution in [0.5, 0.6) is 0 Å². The molecule has 0 aliphatic rings. The highest BCUT2D eigenvalue weighted by Crippen LogP contribution is 2.22. The lowest BCUT2D eigenvalue weighted by Gasteiger charge is -2.23. The number of carbonyl (C=O) groups is 1. The topological polar surface area (TPSA) is 63.2 Å². The van der Waals surface area contributed by atoms with Crippen molar-refractivity contribution < 1.29 is 13.2 Å². The maximum absolute atomic E-state index is 11.9. The van der Waals surface area contributed by atoms with Crippen molar-refractivity contribution in [3.05, 3.63) is 35.4 Å². The van der Waals surface area contributed by atoms with E-state index in [0.29, 0.717) is 0 Å². The quantitative estimate of drug-likeness (QED) is 0.841. The largest absolute Gasteiger partial charge is 0.349 e. The average Bonchev–Trinajstić information content (AvgIpc) is 2.41. The van der Waals surface area contributed by atoms with Gasteiger partial charge in [0, 0.05) is 12.7 Å². The first-order valence-corrected chi connectivity index (χ1v) is 9.35. The zero-order valence-corrected chi connectivity index (χ0v) is 14.0. The summed E-state index contributed by atoms with van der Waals surface area (Å²) in [7, 11) is -3.11. The molecule has 1 aromatic rings. The van der Waals surface area contributed by atoms with Gasteiger partial charge in [-0.15, -0.1) is 0 Å². The second-order valence-corrected chi connectivity index (χ2v) is 8.02. The Bertz CT molecular complexity index is 562. The molecule has 0 aliphatic heterocycles. The van der Waals surface area contributed by atoms with E-state index in [1.807, 2.05) is 26.0 Å². The molecule has 0 spiro atoms. The number of rotatable bonds is 7. The van der Waals surface area contributed by atoms with E-state index in [9.17, 15) is 13.2 Å². The number of amides is 1. The van der Waals surface area contributed by atoms with E-state index in [1.165, 1.54) is 5.56 Å². The van der Waals surface area contributed by atoms with Crippen LogP contribution in [0.15, 0.2) is 24.3 Å². The lowest BCUT2D eigenvalue weighted by Crippen LogP contribution is -2.32. The molecule has 0 aromatic heterocycles. The SMILES string of the molecule is CCc1ccc(C(NC(=O)CCS(C)(=O)=O)C(C)C)cc1. The van der Waals surface area contributed by atoms with Crippen LogP contribution >= 0.6 is 0 Å². The van der Waals surface area contributed by atoms with Crippen molar-refractivity contribution >= 4 is 15.7 Å². The van der Waals surface area contributed by atoms with Gasteiger partial charge in [0.15, 0.2) is 0 Å². The number of nitrogens with one attached hydrogen (secondary N) is 1. The Balaban J connectivity index is 2.75. The summed E-state index contributed by atoms with van der Waals surface area (Å²) in [5.41, 5.74) is 2.31. The van der Waals surface area contributed by atoms with Crippen LogP contribution in [0.25, 0.3) is 0 Å². The maximum Gasteiger partial charge on any atom is 0.221 e. The molecule has 4 nitrogen and oxygen atoms in total. The van der Waals surface area contributed by atoms with Crippen molar-refractivity contribution in [2.45, 2.75) is 39.7 Å². The van der Waals surface area contributed by atoms with Gasteiger partial charge >= 0.3 is 0 Å². The van der Waals surface area contributed by atoms with E-state index in [4.69, 9.17) is 0 Å². The Morgan fingerprint density at radius 3 is 2.19 bits per heavy atom. The van der Waals surface area contributed by atoms with Crippen LogP contribution in [0, 0.1) is 5.92 Å². The third kappa shape index (κ3) is 6.29. The van der Waals surface area contributed by atoms with E-state index in [0.717, 1.165) is 18.2 Å². The van der Waals surface area contributed by atoms with Gasteiger partial charge in [-0.1, -0.05) is 45.0 Å². The molecule has 1 rings (SSSR count). The fraction of sp³-hybridized carbons (Fsp3) is 0.562. The lowest BCUT2D eigenvalue weighted by molar-refractivity contribution is -0.121. The molecule has 1 atom stereocenters. The van der Waals surface area contributed by atoms with Crippen LogP contribution < -0.4 is 5.32 Å². The van der Waals surface area contributed by atoms with Crippen molar-refractivity contribution in [2.24, 2.45) is 5.92 Å². The second-order valence-electron chi connectivity index (χ2n) is 5.76. The third-order valence-electron chi connectivity index (χ3n) is 3.43. The number of hydrogen-bond donors (Lipinski definition) is 1. The molecule has 0 saturated heterocycles. The molecule has 5 heteroatoms. The average molecular weight is 311 g/mol. The smallest absolute Gasteiger partial charge is 0.221 e. The molecule has 1 aromatic carbocycles. The van der Waals surface area contributed by atoms with Gasteiger partial charge in [0.1, 0.15) is 9.84 Å². The minimum atomic E-state index is -3.11. The number of benzene rings is 1. The zero-order valence-electron chi connectivity index (χ0n) is 13.2. The molecule has 1 amide bonds. The Kier molecular flexibility index (Phi) is 6.40. The van der Waals surface area contributed by atoms with Crippen molar-refractivity contribution in [1.82, 2.24) is 5.32 Å². The molecule has 1 unspecified atom stereocenters. The van der Waals surface area contributed by atoms with E-state index in [1.54, 1.807) is 0 Å². The van der Waals surface area contributed by atoms with Gasteiger partial charge < -0.3 is 5.32 Å². The van der Waals surface area contributed by atoms with Crippen LogP contribution in [0.1, 0.15) is 44.4 Å². The monoisotopic (exact) mass is 311 g/mol. The number of hydrogen-bond acceptors (Lipinski definition) is 3. The number of aryl methyl sites for hydroxylation is 1. The standard InChI is InChI=1S/C16H25NO3S/c1-5-13-6-8-14(9-7-13)16(12(2)3)17-15(18)10-11-21(4,19)20/h6-9,12,16H,5,10-11H2,1-4H3,(H,17,18). The molecular weight excluding hydrogens is 286 g/mol. The van der Waals surface area contributed by atoms with Crippen LogP contribution in [0.4, 0.5) is 0 Å². The molecule has 118 valence electrons. The second kappa shape index (κ2) is 7.59. The Labute approximate surface area is 127 Å². The summed E-state index contributed by atoms with van der Waals surface area (Å²) in [4.78, 5) is 11.9. The summed E-state index contributed by atoms with van der Waals surface area (Å²) in [6, 6.07) is 8.09. The molecule has 0 fully saturated rings. The van der Waals surface area contributed by atoms with Gasteiger partial charge in [0.25, 0.3) is 0 Å². The van der Waals surface area contributed by atoms with Gasteiger partial charge in [-0.05, 0) is 23.5 Å². The Morgan fingerprint density at radius 1 is 1.19 bits per heavy atom. The molecule has 0 aliphatic carbocycles. The van der Waals surface area contributed by atoms with Crippen LogP contribution in [-0.2, 0) is 21.1 Å². The van der Waals surface area contributed by atoms with E-state index < -0.39 is 9.84 Å². The fourth-order valence-corrected chi connectivity index (χ4v) is 2.68. The summed E-state index contributed by atoms with van der Waals surface area (Å²) in [6.45, 7) is 6.17. The first-order chi connectivity index (χ1) is 9.73. The lowest BCUT2D eigenvalue weighted by atomic mass is 9.95. The van der Waals surface area contributed by atoms with Gasteiger partial charge in [-0.3, -0.25) is 4.79 Å². The minimum Gasteiger partial charge on any atom is -0.349 e. The Hall–Kier alpha value is -1.36. The van der Waals surface area contributed by atoms with Crippen LogP contribution in [0.2, 0.25) is 0 Å². The highest BCUT2D eigenvalue weighted by molar-refractivity contribution is 7.90. The summed E-state index contributed by atoms with van der Waals surface area (Å²) in [5.74, 6) is -0.100. The molecule has 21 heavy (non-hydrogen) atoms. The van der Waals surface area contributed by atoms with E-state index in [2.05, 4.69) is 24.4 Å².